The minimum Gasteiger partial charge on any atom is -0.340 e. The smallest absolute Gasteiger partial charge is 0.276 e. The van der Waals surface area contributed by atoms with E-state index in [1.165, 1.54) is 12.1 Å². The number of imidazole rings is 1. The van der Waals surface area contributed by atoms with Crippen LogP contribution in [0.5, 0.6) is 0 Å². The van der Waals surface area contributed by atoms with E-state index in [4.69, 9.17) is 11.6 Å². The van der Waals surface area contributed by atoms with E-state index < -0.39 is 0 Å². The van der Waals surface area contributed by atoms with Crippen LogP contribution in [0, 0.1) is 5.82 Å². The maximum atomic E-state index is 13.6. The zero-order valence-corrected chi connectivity index (χ0v) is 17.4. The average molecular weight is 439 g/mol. The minimum atomic E-state index is -0.323. The van der Waals surface area contributed by atoms with Gasteiger partial charge in [-0.25, -0.2) is 14.1 Å². The number of likely N-dealkylation sites (tertiary alicyclic amines) is 1. The first kappa shape index (κ1) is 19.7. The van der Waals surface area contributed by atoms with Gasteiger partial charge in [-0.05, 0) is 55.2 Å². The first-order chi connectivity index (χ1) is 15.1. The Morgan fingerprint density at radius 3 is 2.87 bits per heavy atom. The van der Waals surface area contributed by atoms with Crippen LogP contribution in [-0.2, 0) is 6.54 Å². The summed E-state index contributed by atoms with van der Waals surface area (Å²) in [6.45, 7) is 1.11. The number of aromatic nitrogens is 5. The molecule has 0 spiro atoms. The number of nitrogens with one attached hydrogen (secondary N) is 1. The molecule has 3 heterocycles. The first-order valence-electron chi connectivity index (χ1n) is 10.2. The van der Waals surface area contributed by atoms with Crippen LogP contribution in [0.3, 0.4) is 0 Å². The fourth-order valence-corrected chi connectivity index (χ4v) is 4.14. The molecule has 0 aliphatic carbocycles. The summed E-state index contributed by atoms with van der Waals surface area (Å²) in [5.41, 5.74) is 2.62. The van der Waals surface area contributed by atoms with E-state index in [2.05, 4.69) is 20.3 Å². The van der Waals surface area contributed by atoms with Crippen LogP contribution in [0.2, 0.25) is 5.02 Å². The Balaban J connectivity index is 1.37. The van der Waals surface area contributed by atoms with Gasteiger partial charge in [0.25, 0.3) is 5.91 Å². The Morgan fingerprint density at radius 2 is 2.03 bits per heavy atom. The van der Waals surface area contributed by atoms with E-state index >= 15 is 0 Å². The van der Waals surface area contributed by atoms with Crippen molar-refractivity contribution < 1.29 is 9.18 Å². The normalized spacial score (nSPS) is 16.7. The number of amides is 1. The van der Waals surface area contributed by atoms with Crippen LogP contribution < -0.4 is 0 Å². The van der Waals surface area contributed by atoms with Crippen LogP contribution in [0.4, 0.5) is 4.39 Å². The monoisotopic (exact) mass is 438 g/mol. The molecule has 1 N–H and O–H groups in total. The third kappa shape index (κ3) is 4.03. The highest BCUT2D eigenvalue weighted by Crippen LogP contribution is 2.31. The van der Waals surface area contributed by atoms with Gasteiger partial charge < -0.3 is 9.88 Å². The number of halogens is 2. The summed E-state index contributed by atoms with van der Waals surface area (Å²) in [7, 11) is 0. The molecule has 1 saturated heterocycles. The summed E-state index contributed by atoms with van der Waals surface area (Å²) >= 11 is 5.93. The number of hydrogen-bond donors (Lipinski definition) is 1. The number of benzene rings is 2. The molecule has 9 heteroatoms. The molecule has 0 saturated carbocycles. The van der Waals surface area contributed by atoms with Crippen molar-refractivity contribution in [2.45, 2.75) is 31.8 Å². The van der Waals surface area contributed by atoms with Crippen molar-refractivity contribution in [3.8, 4) is 0 Å². The number of H-pyrrole nitrogens is 1. The molecule has 0 bridgehead atoms. The highest BCUT2D eigenvalue weighted by molar-refractivity contribution is 6.30. The highest BCUT2D eigenvalue weighted by Gasteiger charge is 2.32. The maximum Gasteiger partial charge on any atom is 0.276 e. The van der Waals surface area contributed by atoms with Crippen molar-refractivity contribution in [3.63, 3.8) is 0 Å². The molecule has 1 aliphatic heterocycles. The van der Waals surface area contributed by atoms with Gasteiger partial charge in [0.1, 0.15) is 11.6 Å². The largest absolute Gasteiger partial charge is 0.340 e. The lowest BCUT2D eigenvalue weighted by Crippen LogP contribution is -2.39. The second-order valence-corrected chi connectivity index (χ2v) is 8.16. The molecule has 2 aromatic heterocycles. The van der Waals surface area contributed by atoms with Crippen molar-refractivity contribution in [3.05, 3.63) is 76.6 Å². The van der Waals surface area contributed by atoms with E-state index in [0.717, 1.165) is 24.8 Å². The van der Waals surface area contributed by atoms with E-state index in [1.54, 1.807) is 21.8 Å². The quantitative estimate of drug-likeness (QED) is 0.513. The number of carbonyl (C=O) groups excluding carboxylic acids is 1. The van der Waals surface area contributed by atoms with Crippen molar-refractivity contribution in [1.29, 1.82) is 0 Å². The Hall–Kier alpha value is -3.26. The standard InChI is InChI=1S/C22H20ClFN6O/c23-15-6-4-14(5-7-15)12-29-13-19(27-28-29)22(31)30-10-2-1-3-20(30)21-25-17-9-8-16(24)11-18(17)26-21/h4-9,11,13,20H,1-3,10,12H2,(H,25,26)/t20-/m1/s1. The summed E-state index contributed by atoms with van der Waals surface area (Å²) in [6.07, 6.45) is 4.35. The van der Waals surface area contributed by atoms with Gasteiger partial charge in [-0.2, -0.15) is 0 Å². The summed E-state index contributed by atoms with van der Waals surface area (Å²) in [6, 6.07) is 11.7. The van der Waals surface area contributed by atoms with Gasteiger partial charge in [-0.3, -0.25) is 4.79 Å². The predicted octanol–water partition coefficient (Wildman–Crippen LogP) is 4.36. The number of hydrogen-bond acceptors (Lipinski definition) is 4. The van der Waals surface area contributed by atoms with Gasteiger partial charge in [0.2, 0.25) is 0 Å². The molecule has 4 aromatic rings. The van der Waals surface area contributed by atoms with Gasteiger partial charge in [0, 0.05) is 11.6 Å². The molecule has 31 heavy (non-hydrogen) atoms. The topological polar surface area (TPSA) is 79.7 Å². The van der Waals surface area contributed by atoms with E-state index in [-0.39, 0.29) is 17.8 Å². The Kier molecular flexibility index (Phi) is 5.15. The number of fused-ring (bicyclic) bond motifs is 1. The molecule has 0 unspecified atom stereocenters. The molecule has 1 amide bonds. The van der Waals surface area contributed by atoms with Crippen LogP contribution in [0.25, 0.3) is 11.0 Å². The zero-order chi connectivity index (χ0) is 21.4. The minimum absolute atomic E-state index is 0.182. The molecule has 1 aliphatic rings. The second-order valence-electron chi connectivity index (χ2n) is 7.72. The molecule has 2 aromatic carbocycles. The summed E-state index contributed by atoms with van der Waals surface area (Å²) in [5, 5.41) is 8.89. The van der Waals surface area contributed by atoms with Crippen LogP contribution in [0.15, 0.2) is 48.7 Å². The molecule has 1 fully saturated rings. The van der Waals surface area contributed by atoms with Crippen LogP contribution >= 0.6 is 11.6 Å². The average Bonchev–Trinajstić information content (AvgIpc) is 3.41. The van der Waals surface area contributed by atoms with Gasteiger partial charge in [-0.15, -0.1) is 5.10 Å². The molecule has 0 radical (unpaired) electrons. The Morgan fingerprint density at radius 1 is 1.19 bits per heavy atom. The number of piperidine rings is 1. The SMILES string of the molecule is O=C(c1cn(Cc2ccc(Cl)cc2)nn1)N1CCCC[C@@H]1c1nc2ccc(F)cc2[nH]1. The molecular formula is C22H20ClFN6O. The Bertz CT molecular complexity index is 1230. The maximum absolute atomic E-state index is 13.6. The summed E-state index contributed by atoms with van der Waals surface area (Å²) in [5.74, 6) is 0.164. The number of rotatable bonds is 4. The Labute approximate surface area is 182 Å². The molecular weight excluding hydrogens is 419 g/mol. The third-order valence-electron chi connectivity index (χ3n) is 5.56. The van der Waals surface area contributed by atoms with Crippen LogP contribution in [-0.4, -0.2) is 42.3 Å². The zero-order valence-electron chi connectivity index (χ0n) is 16.6. The van der Waals surface area contributed by atoms with Crippen LogP contribution in [0.1, 0.15) is 47.2 Å². The van der Waals surface area contributed by atoms with E-state index in [1.807, 2.05) is 24.3 Å². The van der Waals surface area contributed by atoms with Gasteiger partial charge >= 0.3 is 0 Å². The lowest BCUT2D eigenvalue weighted by Gasteiger charge is -2.33. The highest BCUT2D eigenvalue weighted by atomic mass is 35.5. The summed E-state index contributed by atoms with van der Waals surface area (Å²) < 4.78 is 15.2. The number of carbonyl (C=O) groups is 1. The van der Waals surface area contributed by atoms with Crippen molar-refractivity contribution >= 4 is 28.5 Å². The molecule has 5 rings (SSSR count). The van der Waals surface area contributed by atoms with Crippen molar-refractivity contribution in [1.82, 2.24) is 29.9 Å². The van der Waals surface area contributed by atoms with E-state index in [9.17, 15) is 9.18 Å². The second kappa shape index (κ2) is 8.11. The fraction of sp³-hybridized carbons (Fsp3) is 0.273. The molecule has 158 valence electrons. The fourth-order valence-electron chi connectivity index (χ4n) is 4.02. The van der Waals surface area contributed by atoms with Crippen molar-refractivity contribution in [2.24, 2.45) is 0 Å². The lowest BCUT2D eigenvalue weighted by molar-refractivity contribution is 0.0595. The van der Waals surface area contributed by atoms with Gasteiger partial charge in [0.15, 0.2) is 5.69 Å². The van der Waals surface area contributed by atoms with E-state index in [0.29, 0.717) is 40.7 Å². The van der Waals surface area contributed by atoms with Crippen molar-refractivity contribution in [2.75, 3.05) is 6.54 Å². The lowest BCUT2D eigenvalue weighted by atomic mass is 10.0. The number of nitrogens with zero attached hydrogens (tertiary/aromatic N) is 5. The number of aromatic amines is 1. The third-order valence-corrected chi connectivity index (χ3v) is 5.81. The predicted molar refractivity (Wildman–Crippen MR) is 114 cm³/mol. The summed E-state index contributed by atoms with van der Waals surface area (Å²) in [4.78, 5) is 22.8. The van der Waals surface area contributed by atoms with Gasteiger partial charge in [0.05, 0.1) is 29.8 Å². The molecule has 1 atom stereocenters. The van der Waals surface area contributed by atoms with Gasteiger partial charge in [-0.1, -0.05) is 28.9 Å². The first-order valence-corrected chi connectivity index (χ1v) is 10.6. The molecule has 7 nitrogen and oxygen atoms in total.